The lowest BCUT2D eigenvalue weighted by atomic mass is 9.52. The molecular weight excluding hydrogens is 224 g/mol. The lowest BCUT2D eigenvalue weighted by Crippen LogP contribution is -2.46. The number of carbonyl (C=O) groups is 1. The summed E-state index contributed by atoms with van der Waals surface area (Å²) >= 11 is 0. The summed E-state index contributed by atoms with van der Waals surface area (Å²) in [6.45, 7) is 5.97. The Kier molecular flexibility index (Phi) is 4.05. The molecule has 2 saturated carbocycles. The van der Waals surface area contributed by atoms with Crippen molar-refractivity contribution in [3.05, 3.63) is 36.5 Å². The Bertz CT molecular complexity index is 378. The molecule has 0 N–H and O–H groups in total. The van der Waals surface area contributed by atoms with Crippen LogP contribution < -0.4 is 0 Å². The van der Waals surface area contributed by atoms with Gasteiger partial charge in [-0.25, -0.2) is 0 Å². The van der Waals surface area contributed by atoms with Crippen molar-refractivity contribution in [1.82, 2.24) is 0 Å². The molecule has 0 saturated heterocycles. The van der Waals surface area contributed by atoms with Gasteiger partial charge in [0.2, 0.25) is 0 Å². The lowest BCUT2D eigenvalue weighted by Gasteiger charge is -2.53. The summed E-state index contributed by atoms with van der Waals surface area (Å²) in [6.07, 6.45) is 13.6. The molecule has 18 heavy (non-hydrogen) atoms. The third-order valence-electron chi connectivity index (χ3n) is 4.20. The molecule has 2 nitrogen and oxygen atoms in total. The molecule has 2 heteroatoms. The van der Waals surface area contributed by atoms with E-state index < -0.39 is 0 Å². The molecule has 0 aliphatic heterocycles. The Morgan fingerprint density at radius 1 is 1.44 bits per heavy atom. The molecule has 0 aromatic heterocycles. The van der Waals surface area contributed by atoms with Crippen molar-refractivity contribution in [1.29, 1.82) is 0 Å². The van der Waals surface area contributed by atoms with Gasteiger partial charge in [0.1, 0.15) is 6.61 Å². The van der Waals surface area contributed by atoms with E-state index in [1.807, 2.05) is 25.2 Å². The van der Waals surface area contributed by atoms with Gasteiger partial charge in [0.15, 0.2) is 0 Å². The number of hydrogen-bond donors (Lipinski definition) is 0. The van der Waals surface area contributed by atoms with Crippen molar-refractivity contribution < 1.29 is 9.53 Å². The monoisotopic (exact) mass is 246 g/mol. The first-order valence-electron chi connectivity index (χ1n) is 6.80. The maximum Gasteiger partial charge on any atom is 0.309 e. The molecule has 0 aromatic rings. The highest BCUT2D eigenvalue weighted by molar-refractivity contribution is 5.74. The summed E-state index contributed by atoms with van der Waals surface area (Å²) in [4.78, 5) is 11.9. The molecular formula is C16H22O2. The van der Waals surface area contributed by atoms with Crippen molar-refractivity contribution >= 4 is 5.97 Å². The standard InChI is InChI=1S/C16H22O2/c1-3-6-13(7-4-2)12-18-15(17)14-10-16(11-14)8-5-9-16/h3-4,6-7,14H,1,5,8-12H2,2H3/b7-4-,13-6+. The summed E-state index contributed by atoms with van der Waals surface area (Å²) in [5, 5.41) is 0. The Hall–Kier alpha value is -1.31. The highest BCUT2D eigenvalue weighted by Crippen LogP contribution is 2.58. The fraction of sp³-hybridized carbons (Fsp3) is 0.562. The Balaban J connectivity index is 1.74. The first-order chi connectivity index (χ1) is 8.69. The Morgan fingerprint density at radius 2 is 2.17 bits per heavy atom. The average molecular weight is 246 g/mol. The molecule has 0 amide bonds. The quantitative estimate of drug-likeness (QED) is 0.545. The number of rotatable bonds is 5. The molecule has 0 heterocycles. The number of allylic oxidation sites excluding steroid dienone is 3. The van der Waals surface area contributed by atoms with Crippen LogP contribution in [0.2, 0.25) is 0 Å². The number of ether oxygens (including phenoxy) is 1. The molecule has 0 atom stereocenters. The van der Waals surface area contributed by atoms with Crippen LogP contribution in [-0.4, -0.2) is 12.6 Å². The van der Waals surface area contributed by atoms with Crippen LogP contribution >= 0.6 is 0 Å². The molecule has 0 unspecified atom stereocenters. The summed E-state index contributed by atoms with van der Waals surface area (Å²) < 4.78 is 5.37. The normalized spacial score (nSPS) is 22.6. The van der Waals surface area contributed by atoms with E-state index >= 15 is 0 Å². The van der Waals surface area contributed by atoms with Gasteiger partial charge in [-0.1, -0.05) is 37.3 Å². The van der Waals surface area contributed by atoms with Crippen LogP contribution in [0.1, 0.15) is 39.0 Å². The van der Waals surface area contributed by atoms with Crippen LogP contribution in [0.25, 0.3) is 0 Å². The van der Waals surface area contributed by atoms with Crippen molar-refractivity contribution in [3.63, 3.8) is 0 Å². The van der Waals surface area contributed by atoms with E-state index in [4.69, 9.17) is 4.74 Å². The zero-order valence-corrected chi connectivity index (χ0v) is 11.2. The molecule has 2 fully saturated rings. The van der Waals surface area contributed by atoms with Gasteiger partial charge >= 0.3 is 5.97 Å². The second-order valence-electron chi connectivity index (χ2n) is 5.54. The van der Waals surface area contributed by atoms with E-state index in [0.717, 1.165) is 18.4 Å². The molecule has 2 aliphatic rings. The molecule has 0 bridgehead atoms. The second-order valence-corrected chi connectivity index (χ2v) is 5.54. The smallest absolute Gasteiger partial charge is 0.309 e. The predicted molar refractivity (Wildman–Crippen MR) is 73.1 cm³/mol. The Labute approximate surface area is 109 Å². The molecule has 2 aliphatic carbocycles. The number of hydrogen-bond acceptors (Lipinski definition) is 2. The van der Waals surface area contributed by atoms with Crippen molar-refractivity contribution in [2.24, 2.45) is 11.3 Å². The van der Waals surface area contributed by atoms with Gasteiger partial charge in [-0.15, -0.1) is 0 Å². The number of esters is 1. The fourth-order valence-electron chi connectivity index (χ4n) is 3.03. The van der Waals surface area contributed by atoms with Crippen molar-refractivity contribution in [2.75, 3.05) is 6.61 Å². The van der Waals surface area contributed by atoms with Crippen LogP contribution in [0.5, 0.6) is 0 Å². The summed E-state index contributed by atoms with van der Waals surface area (Å²) in [5.74, 6) is 0.132. The molecule has 2 rings (SSSR count). The maximum absolute atomic E-state index is 11.9. The van der Waals surface area contributed by atoms with Crippen molar-refractivity contribution in [2.45, 2.75) is 39.0 Å². The van der Waals surface area contributed by atoms with Crippen LogP contribution in [0.15, 0.2) is 36.5 Å². The predicted octanol–water partition coefficient (Wildman–Crippen LogP) is 3.80. The molecule has 98 valence electrons. The summed E-state index contributed by atoms with van der Waals surface area (Å²) in [6, 6.07) is 0. The SMILES string of the molecule is C=C/C=C(\C=C/C)COC(=O)C1CC2(CCC2)C1. The first kappa shape index (κ1) is 13.1. The van der Waals surface area contributed by atoms with Gasteiger partial charge in [0.05, 0.1) is 5.92 Å². The minimum absolute atomic E-state index is 0.0213. The van der Waals surface area contributed by atoms with E-state index in [1.54, 1.807) is 6.08 Å². The fourth-order valence-corrected chi connectivity index (χ4v) is 3.03. The number of carbonyl (C=O) groups excluding carboxylic acids is 1. The van der Waals surface area contributed by atoms with Crippen LogP contribution in [0, 0.1) is 11.3 Å². The zero-order valence-electron chi connectivity index (χ0n) is 11.2. The van der Waals surface area contributed by atoms with E-state index in [1.165, 1.54) is 19.3 Å². The minimum Gasteiger partial charge on any atom is -0.461 e. The average Bonchev–Trinajstić information content (AvgIpc) is 2.22. The maximum atomic E-state index is 11.9. The molecule has 0 radical (unpaired) electrons. The highest BCUT2D eigenvalue weighted by atomic mass is 16.5. The first-order valence-corrected chi connectivity index (χ1v) is 6.80. The van der Waals surface area contributed by atoms with Gasteiger partial charge in [0.25, 0.3) is 0 Å². The summed E-state index contributed by atoms with van der Waals surface area (Å²) in [7, 11) is 0. The van der Waals surface area contributed by atoms with Gasteiger partial charge < -0.3 is 4.74 Å². The Morgan fingerprint density at radius 3 is 2.67 bits per heavy atom. The van der Waals surface area contributed by atoms with E-state index in [9.17, 15) is 4.79 Å². The van der Waals surface area contributed by atoms with Crippen molar-refractivity contribution in [3.8, 4) is 0 Å². The van der Waals surface area contributed by atoms with Gasteiger partial charge in [-0.05, 0) is 43.6 Å². The van der Waals surface area contributed by atoms with Crippen LogP contribution in [-0.2, 0) is 9.53 Å². The van der Waals surface area contributed by atoms with E-state index in [0.29, 0.717) is 12.0 Å². The summed E-state index contributed by atoms with van der Waals surface area (Å²) in [5.41, 5.74) is 1.52. The van der Waals surface area contributed by atoms with Gasteiger partial charge in [-0.3, -0.25) is 4.79 Å². The van der Waals surface area contributed by atoms with Crippen LogP contribution in [0.4, 0.5) is 0 Å². The largest absolute Gasteiger partial charge is 0.461 e. The zero-order chi connectivity index (χ0) is 13.0. The third-order valence-corrected chi connectivity index (χ3v) is 4.20. The van der Waals surface area contributed by atoms with Gasteiger partial charge in [0, 0.05) is 0 Å². The van der Waals surface area contributed by atoms with E-state index in [-0.39, 0.29) is 11.9 Å². The van der Waals surface area contributed by atoms with Gasteiger partial charge in [-0.2, -0.15) is 0 Å². The second kappa shape index (κ2) is 5.55. The topological polar surface area (TPSA) is 26.3 Å². The van der Waals surface area contributed by atoms with E-state index in [2.05, 4.69) is 6.58 Å². The highest BCUT2D eigenvalue weighted by Gasteiger charge is 2.51. The van der Waals surface area contributed by atoms with Crippen LogP contribution in [0.3, 0.4) is 0 Å². The third kappa shape index (κ3) is 2.74. The minimum atomic E-state index is -0.0213. The molecule has 1 spiro atoms. The molecule has 0 aromatic carbocycles. The lowest BCUT2D eigenvalue weighted by molar-refractivity contribution is -0.160.